The molecular formula is C28H21ClN4O4. The molecule has 0 saturated carbocycles. The van der Waals surface area contributed by atoms with Crippen molar-refractivity contribution in [2.45, 2.75) is 6.92 Å². The van der Waals surface area contributed by atoms with Crippen LogP contribution in [0.2, 0.25) is 5.02 Å². The van der Waals surface area contributed by atoms with E-state index in [1.165, 1.54) is 18.5 Å². The summed E-state index contributed by atoms with van der Waals surface area (Å²) in [5.74, 6) is 0.0297. The number of hydrogen-bond donors (Lipinski definition) is 1. The molecule has 0 atom stereocenters. The molecule has 0 radical (unpaired) electrons. The Morgan fingerprint density at radius 2 is 1.97 bits per heavy atom. The average molecular weight is 513 g/mol. The van der Waals surface area contributed by atoms with Crippen molar-refractivity contribution in [1.29, 1.82) is 0 Å². The summed E-state index contributed by atoms with van der Waals surface area (Å²) in [4.78, 5) is 25.0. The summed E-state index contributed by atoms with van der Waals surface area (Å²) in [6.45, 7) is 1.70. The molecule has 9 heteroatoms. The molecule has 0 fully saturated rings. The van der Waals surface area contributed by atoms with Crippen LogP contribution in [0.15, 0.2) is 99.6 Å². The fourth-order valence-corrected chi connectivity index (χ4v) is 3.98. The van der Waals surface area contributed by atoms with Crippen LogP contribution in [0.1, 0.15) is 11.1 Å². The van der Waals surface area contributed by atoms with E-state index in [1.54, 1.807) is 18.3 Å². The third-order valence-corrected chi connectivity index (χ3v) is 5.80. The van der Waals surface area contributed by atoms with E-state index in [0.717, 1.165) is 22.5 Å². The third kappa shape index (κ3) is 5.29. The summed E-state index contributed by atoms with van der Waals surface area (Å²) in [6, 6.07) is 22.1. The molecule has 5 aromatic rings. The van der Waals surface area contributed by atoms with Gasteiger partial charge in [-0.25, -0.2) is 10.1 Å². The van der Waals surface area contributed by atoms with Crippen molar-refractivity contribution in [1.82, 2.24) is 15.2 Å². The maximum atomic E-state index is 12.6. The van der Waals surface area contributed by atoms with E-state index < -0.39 is 5.91 Å². The number of benzene rings is 3. The summed E-state index contributed by atoms with van der Waals surface area (Å²) >= 11 is 5.98. The lowest BCUT2D eigenvalue weighted by atomic mass is 10.1. The van der Waals surface area contributed by atoms with Gasteiger partial charge in [0.05, 0.1) is 34.7 Å². The van der Waals surface area contributed by atoms with Gasteiger partial charge in [0.2, 0.25) is 5.43 Å². The molecule has 5 rings (SSSR count). The summed E-state index contributed by atoms with van der Waals surface area (Å²) in [5, 5.41) is 9.07. The third-order valence-electron chi connectivity index (χ3n) is 5.57. The summed E-state index contributed by atoms with van der Waals surface area (Å²) in [5.41, 5.74) is 6.21. The number of ether oxygens (including phenoxy) is 1. The van der Waals surface area contributed by atoms with Crippen molar-refractivity contribution < 1.29 is 13.9 Å². The zero-order chi connectivity index (χ0) is 25.8. The molecule has 0 aliphatic rings. The van der Waals surface area contributed by atoms with Gasteiger partial charge in [0, 0.05) is 10.6 Å². The Morgan fingerprint density at radius 1 is 1.14 bits per heavy atom. The molecule has 1 amide bonds. The Balaban J connectivity index is 1.30. The van der Waals surface area contributed by atoms with Crippen LogP contribution in [0.25, 0.3) is 27.9 Å². The van der Waals surface area contributed by atoms with Gasteiger partial charge in [0.15, 0.2) is 6.61 Å². The number of amides is 1. The second-order valence-electron chi connectivity index (χ2n) is 8.21. The lowest BCUT2D eigenvalue weighted by Gasteiger charge is -2.14. The summed E-state index contributed by atoms with van der Waals surface area (Å²) in [6.07, 6.45) is 4.21. The van der Waals surface area contributed by atoms with Crippen molar-refractivity contribution in [2.24, 2.45) is 5.10 Å². The molecule has 2 aromatic heterocycles. The maximum absolute atomic E-state index is 12.6. The van der Waals surface area contributed by atoms with Crippen molar-refractivity contribution in [3.8, 4) is 22.7 Å². The van der Waals surface area contributed by atoms with E-state index >= 15 is 0 Å². The first-order valence-electron chi connectivity index (χ1n) is 11.4. The van der Waals surface area contributed by atoms with E-state index in [1.807, 2.05) is 66.2 Å². The SMILES string of the molecule is Cc1ccc(OCC(=O)N/N=C\c2coc3ccc(Cl)cc3c2=O)c(-c2ccnn2-c2ccccc2)c1. The quantitative estimate of drug-likeness (QED) is 0.240. The van der Waals surface area contributed by atoms with Gasteiger partial charge >= 0.3 is 0 Å². The molecule has 1 N–H and O–H groups in total. The Bertz CT molecular complexity index is 1680. The Kier molecular flexibility index (Phi) is 6.83. The molecule has 0 saturated heterocycles. The van der Waals surface area contributed by atoms with E-state index in [4.69, 9.17) is 20.8 Å². The molecule has 2 heterocycles. The van der Waals surface area contributed by atoms with Crippen LogP contribution in [-0.4, -0.2) is 28.5 Å². The molecule has 0 aliphatic heterocycles. The minimum absolute atomic E-state index is 0.172. The topological polar surface area (TPSA) is 98.7 Å². The molecule has 0 aliphatic carbocycles. The number of hydrazone groups is 1. The van der Waals surface area contributed by atoms with Crippen molar-refractivity contribution in [3.63, 3.8) is 0 Å². The van der Waals surface area contributed by atoms with Gasteiger partial charge in [-0.2, -0.15) is 10.2 Å². The molecule has 0 unspecified atom stereocenters. The monoisotopic (exact) mass is 512 g/mol. The lowest BCUT2D eigenvalue weighted by molar-refractivity contribution is -0.123. The molecule has 3 aromatic carbocycles. The standard InChI is InChI=1S/C28H21ClN4O4/c1-18-7-9-25(22(13-18)24-11-12-31-33(24)21-5-3-2-4-6-21)37-17-27(34)32-30-15-19-16-36-26-10-8-20(29)14-23(26)28(19)35/h2-16H,17H2,1H3,(H,32,34)/b30-15-. The van der Waals surface area contributed by atoms with Crippen LogP contribution in [-0.2, 0) is 4.79 Å². The summed E-state index contributed by atoms with van der Waals surface area (Å²) < 4.78 is 13.1. The van der Waals surface area contributed by atoms with E-state index in [-0.39, 0.29) is 17.6 Å². The van der Waals surface area contributed by atoms with Crippen LogP contribution in [0, 0.1) is 6.92 Å². The fourth-order valence-electron chi connectivity index (χ4n) is 3.81. The second kappa shape index (κ2) is 10.5. The Morgan fingerprint density at radius 3 is 2.81 bits per heavy atom. The first-order chi connectivity index (χ1) is 18.0. The van der Waals surface area contributed by atoms with Gasteiger partial charge in [0.25, 0.3) is 5.91 Å². The number of para-hydroxylation sites is 1. The van der Waals surface area contributed by atoms with E-state index in [9.17, 15) is 9.59 Å². The number of nitrogens with one attached hydrogen (secondary N) is 1. The predicted octanol–water partition coefficient (Wildman–Crippen LogP) is 5.14. The number of aryl methyl sites for hydroxylation is 1. The first-order valence-corrected chi connectivity index (χ1v) is 11.7. The van der Waals surface area contributed by atoms with Crippen LogP contribution < -0.4 is 15.6 Å². The van der Waals surface area contributed by atoms with Gasteiger partial charge < -0.3 is 9.15 Å². The maximum Gasteiger partial charge on any atom is 0.277 e. The number of carbonyl (C=O) groups is 1. The van der Waals surface area contributed by atoms with Crippen LogP contribution in [0.3, 0.4) is 0 Å². The van der Waals surface area contributed by atoms with Gasteiger partial charge in [-0.1, -0.05) is 41.4 Å². The summed E-state index contributed by atoms with van der Waals surface area (Å²) in [7, 11) is 0. The smallest absolute Gasteiger partial charge is 0.277 e. The molecule has 8 nitrogen and oxygen atoms in total. The van der Waals surface area contributed by atoms with Crippen molar-refractivity contribution >= 4 is 34.7 Å². The van der Waals surface area contributed by atoms with Crippen LogP contribution in [0.5, 0.6) is 5.75 Å². The predicted molar refractivity (Wildman–Crippen MR) is 142 cm³/mol. The average Bonchev–Trinajstić information content (AvgIpc) is 3.40. The van der Waals surface area contributed by atoms with Crippen LogP contribution >= 0.6 is 11.6 Å². The molecule has 0 spiro atoms. The highest BCUT2D eigenvalue weighted by Crippen LogP contribution is 2.32. The van der Waals surface area contributed by atoms with Crippen molar-refractivity contribution in [2.75, 3.05) is 6.61 Å². The highest BCUT2D eigenvalue weighted by Gasteiger charge is 2.14. The van der Waals surface area contributed by atoms with Gasteiger partial charge in [-0.3, -0.25) is 9.59 Å². The highest BCUT2D eigenvalue weighted by atomic mass is 35.5. The number of hydrogen-bond acceptors (Lipinski definition) is 6. The zero-order valence-corrected chi connectivity index (χ0v) is 20.5. The number of rotatable bonds is 7. The minimum atomic E-state index is -0.493. The zero-order valence-electron chi connectivity index (χ0n) is 19.7. The lowest BCUT2D eigenvalue weighted by Crippen LogP contribution is -2.25. The van der Waals surface area contributed by atoms with Gasteiger partial charge in [-0.15, -0.1) is 0 Å². The molecular weight excluding hydrogens is 492 g/mol. The van der Waals surface area contributed by atoms with E-state index in [0.29, 0.717) is 21.7 Å². The highest BCUT2D eigenvalue weighted by molar-refractivity contribution is 6.31. The number of aromatic nitrogens is 2. The number of halogens is 1. The van der Waals surface area contributed by atoms with Crippen LogP contribution in [0.4, 0.5) is 0 Å². The number of fused-ring (bicyclic) bond motifs is 1. The normalized spacial score (nSPS) is 11.2. The molecule has 0 bridgehead atoms. The van der Waals surface area contributed by atoms with Gasteiger partial charge in [-0.05, 0) is 55.5 Å². The molecule has 37 heavy (non-hydrogen) atoms. The Hall–Kier alpha value is -4.69. The van der Waals surface area contributed by atoms with Crippen molar-refractivity contribution in [3.05, 3.63) is 112 Å². The second-order valence-corrected chi connectivity index (χ2v) is 8.64. The van der Waals surface area contributed by atoms with Gasteiger partial charge in [0.1, 0.15) is 17.6 Å². The fraction of sp³-hybridized carbons (Fsp3) is 0.0714. The number of nitrogens with zero attached hydrogens (tertiary/aromatic N) is 3. The number of carbonyl (C=O) groups excluding carboxylic acids is 1. The minimum Gasteiger partial charge on any atom is -0.483 e. The van der Waals surface area contributed by atoms with E-state index in [2.05, 4.69) is 15.6 Å². The Labute approximate surface area is 216 Å². The largest absolute Gasteiger partial charge is 0.483 e. The first kappa shape index (κ1) is 24.0. The molecule has 184 valence electrons.